The van der Waals surface area contributed by atoms with E-state index in [0.29, 0.717) is 43.9 Å². The standard InChI is InChI=1S/C18H17FN4O2/c19-15-4-1-13(2-5-15)12-23-17-6-3-14(11-16(17)20-21-23)18(24)22-7-9-25-10-8-22/h1-6,11H,7-10,12H2. The van der Waals surface area contributed by atoms with Crippen molar-refractivity contribution < 1.29 is 13.9 Å². The first kappa shape index (κ1) is 15.7. The highest BCUT2D eigenvalue weighted by molar-refractivity contribution is 5.97. The molecule has 0 N–H and O–H groups in total. The van der Waals surface area contributed by atoms with Crippen molar-refractivity contribution in [1.82, 2.24) is 19.9 Å². The normalized spacial score (nSPS) is 14.8. The molecule has 3 aromatic rings. The maximum atomic E-state index is 13.0. The molecule has 1 aliphatic heterocycles. The molecule has 0 atom stereocenters. The maximum Gasteiger partial charge on any atom is 0.254 e. The van der Waals surface area contributed by atoms with Crippen LogP contribution < -0.4 is 0 Å². The zero-order valence-electron chi connectivity index (χ0n) is 13.6. The van der Waals surface area contributed by atoms with Crippen LogP contribution in [0.1, 0.15) is 15.9 Å². The van der Waals surface area contributed by atoms with Crippen LogP contribution in [-0.4, -0.2) is 52.1 Å². The summed E-state index contributed by atoms with van der Waals surface area (Å²) >= 11 is 0. The van der Waals surface area contributed by atoms with E-state index in [1.165, 1.54) is 12.1 Å². The summed E-state index contributed by atoms with van der Waals surface area (Å²) in [6, 6.07) is 11.7. The lowest BCUT2D eigenvalue weighted by Gasteiger charge is -2.26. The van der Waals surface area contributed by atoms with Crippen LogP contribution in [0.4, 0.5) is 4.39 Å². The molecule has 4 rings (SSSR count). The van der Waals surface area contributed by atoms with Gasteiger partial charge in [0.1, 0.15) is 11.3 Å². The number of carbonyl (C=O) groups is 1. The van der Waals surface area contributed by atoms with E-state index in [4.69, 9.17) is 4.74 Å². The summed E-state index contributed by atoms with van der Waals surface area (Å²) in [6.07, 6.45) is 0. The number of hydrogen-bond donors (Lipinski definition) is 0. The van der Waals surface area contributed by atoms with Crippen molar-refractivity contribution in [2.75, 3.05) is 26.3 Å². The number of morpholine rings is 1. The molecular weight excluding hydrogens is 323 g/mol. The Kier molecular flexibility index (Phi) is 4.15. The molecule has 128 valence electrons. The number of nitrogens with zero attached hydrogens (tertiary/aromatic N) is 4. The number of rotatable bonds is 3. The highest BCUT2D eigenvalue weighted by Gasteiger charge is 2.19. The van der Waals surface area contributed by atoms with Gasteiger partial charge in [-0.15, -0.1) is 5.10 Å². The van der Waals surface area contributed by atoms with Crippen LogP contribution in [0.15, 0.2) is 42.5 Å². The topological polar surface area (TPSA) is 60.2 Å². The van der Waals surface area contributed by atoms with E-state index >= 15 is 0 Å². The minimum Gasteiger partial charge on any atom is -0.378 e. The van der Waals surface area contributed by atoms with Crippen molar-refractivity contribution in [3.05, 3.63) is 59.4 Å². The second kappa shape index (κ2) is 6.60. The number of benzene rings is 2. The predicted molar refractivity (Wildman–Crippen MR) is 89.8 cm³/mol. The van der Waals surface area contributed by atoms with Gasteiger partial charge in [-0.25, -0.2) is 9.07 Å². The Bertz CT molecular complexity index is 901. The first-order chi connectivity index (χ1) is 12.2. The van der Waals surface area contributed by atoms with E-state index in [-0.39, 0.29) is 11.7 Å². The quantitative estimate of drug-likeness (QED) is 0.732. The fourth-order valence-electron chi connectivity index (χ4n) is 2.93. The van der Waals surface area contributed by atoms with Crippen LogP contribution in [0.2, 0.25) is 0 Å². The van der Waals surface area contributed by atoms with E-state index in [2.05, 4.69) is 10.3 Å². The van der Waals surface area contributed by atoms with Crippen molar-refractivity contribution in [2.24, 2.45) is 0 Å². The summed E-state index contributed by atoms with van der Waals surface area (Å²) in [5, 5.41) is 8.32. The predicted octanol–water partition coefficient (Wildman–Crippen LogP) is 2.09. The highest BCUT2D eigenvalue weighted by atomic mass is 19.1. The minimum atomic E-state index is -0.265. The third kappa shape index (κ3) is 3.23. The molecule has 0 radical (unpaired) electrons. The van der Waals surface area contributed by atoms with E-state index in [0.717, 1.165) is 11.1 Å². The van der Waals surface area contributed by atoms with Crippen LogP contribution in [0.25, 0.3) is 11.0 Å². The summed E-state index contributed by atoms with van der Waals surface area (Å²) in [6.45, 7) is 2.85. The van der Waals surface area contributed by atoms with Gasteiger partial charge in [0.2, 0.25) is 0 Å². The Balaban J connectivity index is 1.58. The Morgan fingerprint density at radius 2 is 1.88 bits per heavy atom. The van der Waals surface area contributed by atoms with Crippen molar-refractivity contribution in [1.29, 1.82) is 0 Å². The zero-order chi connectivity index (χ0) is 17.2. The third-order valence-electron chi connectivity index (χ3n) is 4.30. The van der Waals surface area contributed by atoms with Gasteiger partial charge in [-0.05, 0) is 35.9 Å². The van der Waals surface area contributed by atoms with Gasteiger partial charge in [0.25, 0.3) is 5.91 Å². The summed E-state index contributed by atoms with van der Waals surface area (Å²) in [7, 11) is 0. The number of amides is 1. The second-order valence-corrected chi connectivity index (χ2v) is 5.98. The Morgan fingerprint density at radius 1 is 1.12 bits per heavy atom. The summed E-state index contributed by atoms with van der Waals surface area (Å²) < 4.78 is 20.0. The van der Waals surface area contributed by atoms with Crippen molar-refractivity contribution in [3.8, 4) is 0 Å². The molecule has 1 aliphatic rings. The first-order valence-electron chi connectivity index (χ1n) is 8.15. The number of aromatic nitrogens is 3. The highest BCUT2D eigenvalue weighted by Crippen LogP contribution is 2.17. The number of carbonyl (C=O) groups excluding carboxylic acids is 1. The van der Waals surface area contributed by atoms with Gasteiger partial charge < -0.3 is 9.64 Å². The molecule has 0 aliphatic carbocycles. The summed E-state index contributed by atoms with van der Waals surface area (Å²) in [5.41, 5.74) is 3.04. The molecule has 1 aromatic heterocycles. The molecule has 25 heavy (non-hydrogen) atoms. The van der Waals surface area contributed by atoms with Crippen molar-refractivity contribution in [3.63, 3.8) is 0 Å². The molecule has 2 aromatic carbocycles. The second-order valence-electron chi connectivity index (χ2n) is 5.98. The number of fused-ring (bicyclic) bond motifs is 1. The van der Waals surface area contributed by atoms with E-state index in [1.807, 2.05) is 6.07 Å². The van der Waals surface area contributed by atoms with Crippen molar-refractivity contribution in [2.45, 2.75) is 6.54 Å². The van der Waals surface area contributed by atoms with E-state index < -0.39 is 0 Å². The molecule has 2 heterocycles. The molecule has 0 unspecified atom stereocenters. The van der Waals surface area contributed by atoms with E-state index in [9.17, 15) is 9.18 Å². The minimum absolute atomic E-state index is 0.0155. The van der Waals surface area contributed by atoms with Crippen LogP contribution in [0.5, 0.6) is 0 Å². The number of hydrogen-bond acceptors (Lipinski definition) is 4. The third-order valence-corrected chi connectivity index (χ3v) is 4.30. The molecule has 6 nitrogen and oxygen atoms in total. The Hall–Kier alpha value is -2.80. The smallest absolute Gasteiger partial charge is 0.254 e. The fourth-order valence-corrected chi connectivity index (χ4v) is 2.93. The lowest BCUT2D eigenvalue weighted by atomic mass is 10.1. The largest absolute Gasteiger partial charge is 0.378 e. The molecule has 1 fully saturated rings. The van der Waals surface area contributed by atoms with Gasteiger partial charge in [0.15, 0.2) is 0 Å². The zero-order valence-corrected chi connectivity index (χ0v) is 13.6. The Labute approximate surface area is 143 Å². The molecule has 0 saturated carbocycles. The SMILES string of the molecule is O=C(c1ccc2c(c1)nnn2Cc1ccc(F)cc1)N1CCOCC1. The van der Waals surface area contributed by atoms with Gasteiger partial charge in [0, 0.05) is 18.7 Å². The molecule has 0 spiro atoms. The van der Waals surface area contributed by atoms with Gasteiger partial charge in [-0.2, -0.15) is 0 Å². The van der Waals surface area contributed by atoms with Crippen LogP contribution >= 0.6 is 0 Å². The van der Waals surface area contributed by atoms with Crippen molar-refractivity contribution >= 4 is 16.9 Å². The van der Waals surface area contributed by atoms with Crippen LogP contribution in [0.3, 0.4) is 0 Å². The Morgan fingerprint density at radius 3 is 2.64 bits per heavy atom. The maximum absolute atomic E-state index is 13.0. The molecule has 1 amide bonds. The molecule has 1 saturated heterocycles. The van der Waals surface area contributed by atoms with Gasteiger partial charge in [-0.3, -0.25) is 4.79 Å². The molecule has 0 bridgehead atoms. The fraction of sp³-hybridized carbons (Fsp3) is 0.278. The molecule has 7 heteroatoms. The first-order valence-corrected chi connectivity index (χ1v) is 8.15. The average molecular weight is 340 g/mol. The molecular formula is C18H17FN4O2. The lowest BCUT2D eigenvalue weighted by Crippen LogP contribution is -2.40. The average Bonchev–Trinajstić information content (AvgIpc) is 3.06. The van der Waals surface area contributed by atoms with E-state index in [1.54, 1.807) is 33.8 Å². The summed E-state index contributed by atoms with van der Waals surface area (Å²) in [5.74, 6) is -0.281. The van der Waals surface area contributed by atoms with Crippen LogP contribution in [0, 0.1) is 5.82 Å². The van der Waals surface area contributed by atoms with Gasteiger partial charge in [-0.1, -0.05) is 17.3 Å². The lowest BCUT2D eigenvalue weighted by molar-refractivity contribution is 0.0303. The van der Waals surface area contributed by atoms with Gasteiger partial charge >= 0.3 is 0 Å². The number of ether oxygens (including phenoxy) is 1. The number of halogens is 1. The van der Waals surface area contributed by atoms with Gasteiger partial charge in [0.05, 0.1) is 25.3 Å². The summed E-state index contributed by atoms with van der Waals surface area (Å²) in [4.78, 5) is 14.3. The monoisotopic (exact) mass is 340 g/mol. The van der Waals surface area contributed by atoms with Crippen LogP contribution in [-0.2, 0) is 11.3 Å².